The summed E-state index contributed by atoms with van der Waals surface area (Å²) in [6.45, 7) is 4.87. The number of para-hydroxylation sites is 1. The van der Waals surface area contributed by atoms with Gasteiger partial charge in [-0.05, 0) is 37.6 Å². The Morgan fingerprint density at radius 3 is 2.57 bits per heavy atom. The topological polar surface area (TPSA) is 77.3 Å². The molecule has 0 unspecified atom stereocenters. The van der Waals surface area contributed by atoms with Crippen LogP contribution in [0, 0.1) is 13.8 Å². The lowest BCUT2D eigenvalue weighted by Crippen LogP contribution is -2.50. The molecular formula is C20H22N4O3S. The maximum atomic E-state index is 12.8. The van der Waals surface area contributed by atoms with Crippen LogP contribution >= 0.6 is 0 Å². The lowest BCUT2D eigenvalue weighted by Gasteiger charge is -2.37. The van der Waals surface area contributed by atoms with Crippen molar-refractivity contribution in [1.29, 1.82) is 0 Å². The highest BCUT2D eigenvalue weighted by Gasteiger charge is 2.38. The van der Waals surface area contributed by atoms with Gasteiger partial charge in [-0.15, -0.1) is 5.10 Å². The van der Waals surface area contributed by atoms with Crippen LogP contribution in [0.5, 0.6) is 5.75 Å². The minimum Gasteiger partial charge on any atom is -0.487 e. The summed E-state index contributed by atoms with van der Waals surface area (Å²) in [5.41, 5.74) is 2.52. The van der Waals surface area contributed by atoms with Crippen LogP contribution in [0.25, 0.3) is 0 Å². The summed E-state index contributed by atoms with van der Waals surface area (Å²) < 4.78 is 34.6. The normalized spacial score (nSPS) is 15.4. The van der Waals surface area contributed by atoms with Gasteiger partial charge in [-0.1, -0.05) is 41.1 Å². The van der Waals surface area contributed by atoms with E-state index in [4.69, 9.17) is 4.74 Å². The molecule has 0 amide bonds. The Morgan fingerprint density at radius 2 is 1.86 bits per heavy atom. The third kappa shape index (κ3) is 3.65. The fourth-order valence-electron chi connectivity index (χ4n) is 3.24. The van der Waals surface area contributed by atoms with E-state index in [1.165, 1.54) is 4.31 Å². The Labute approximate surface area is 164 Å². The minimum atomic E-state index is -3.48. The predicted octanol–water partition coefficient (Wildman–Crippen LogP) is 2.72. The van der Waals surface area contributed by atoms with Crippen molar-refractivity contribution < 1.29 is 13.2 Å². The van der Waals surface area contributed by atoms with E-state index in [9.17, 15) is 8.42 Å². The molecule has 7 nitrogen and oxygen atoms in total. The quantitative estimate of drug-likeness (QED) is 0.638. The highest BCUT2D eigenvalue weighted by atomic mass is 32.2. The van der Waals surface area contributed by atoms with Crippen LogP contribution in [-0.4, -0.2) is 40.8 Å². The van der Waals surface area contributed by atoms with Gasteiger partial charge in [0.2, 0.25) is 10.0 Å². The number of sulfonamides is 1. The number of rotatable bonds is 6. The summed E-state index contributed by atoms with van der Waals surface area (Å²) >= 11 is 0. The molecule has 0 saturated carbocycles. The van der Waals surface area contributed by atoms with Gasteiger partial charge in [0.05, 0.1) is 17.1 Å². The number of nitrogens with zero attached hydrogens (tertiary/aromatic N) is 4. The van der Waals surface area contributed by atoms with Crippen LogP contribution in [0.3, 0.4) is 0 Å². The van der Waals surface area contributed by atoms with E-state index < -0.39 is 10.0 Å². The number of aryl methyl sites for hydroxylation is 2. The third-order valence-electron chi connectivity index (χ3n) is 4.84. The molecule has 0 aliphatic carbocycles. The Bertz CT molecular complexity index is 1070. The molecule has 8 heteroatoms. The average Bonchev–Trinajstić information content (AvgIpc) is 3.07. The van der Waals surface area contributed by atoms with Gasteiger partial charge in [0.1, 0.15) is 18.1 Å². The predicted molar refractivity (Wildman–Crippen MR) is 105 cm³/mol. The van der Waals surface area contributed by atoms with Gasteiger partial charge in [0.25, 0.3) is 0 Å². The van der Waals surface area contributed by atoms with Crippen molar-refractivity contribution in [3.63, 3.8) is 0 Å². The molecule has 3 aromatic rings. The van der Waals surface area contributed by atoms with E-state index in [0.717, 1.165) is 16.9 Å². The molecule has 1 aromatic heterocycles. The van der Waals surface area contributed by atoms with Crippen LogP contribution in [0.15, 0.2) is 59.6 Å². The van der Waals surface area contributed by atoms with E-state index in [2.05, 4.69) is 10.3 Å². The van der Waals surface area contributed by atoms with Gasteiger partial charge in [0, 0.05) is 13.1 Å². The van der Waals surface area contributed by atoms with E-state index in [-0.39, 0.29) is 6.04 Å². The molecule has 4 rings (SSSR count). The van der Waals surface area contributed by atoms with E-state index in [0.29, 0.717) is 30.3 Å². The van der Waals surface area contributed by atoms with Gasteiger partial charge in [-0.25, -0.2) is 13.1 Å². The van der Waals surface area contributed by atoms with E-state index in [1.807, 2.05) is 62.5 Å². The van der Waals surface area contributed by atoms with Crippen LogP contribution in [-0.2, 0) is 16.6 Å². The number of hydrogen-bond donors (Lipinski definition) is 0. The fourth-order valence-corrected chi connectivity index (χ4v) is 4.96. The zero-order chi connectivity index (χ0) is 19.7. The largest absolute Gasteiger partial charge is 0.487 e. The fraction of sp³-hybridized carbons (Fsp3) is 0.300. The molecule has 0 radical (unpaired) electrons. The van der Waals surface area contributed by atoms with Crippen LogP contribution in [0.1, 0.15) is 22.9 Å². The summed E-state index contributed by atoms with van der Waals surface area (Å²) in [6.07, 6.45) is 1.81. The van der Waals surface area contributed by atoms with E-state index >= 15 is 0 Å². The molecule has 0 atom stereocenters. The van der Waals surface area contributed by atoms with Crippen molar-refractivity contribution in [2.75, 3.05) is 13.1 Å². The standard InChI is InChI=1S/C20H22N4O3S/c1-15-8-9-20(16(2)10-15)28(25,26)23-12-18(13-23)24-11-17(21-22-24)14-27-19-6-4-3-5-7-19/h3-11,18H,12-14H2,1-2H3. The summed E-state index contributed by atoms with van der Waals surface area (Å²) in [5.74, 6) is 0.770. The zero-order valence-corrected chi connectivity index (χ0v) is 16.6. The van der Waals surface area contributed by atoms with Crippen molar-refractivity contribution in [3.8, 4) is 5.75 Å². The first kappa shape index (κ1) is 18.6. The van der Waals surface area contributed by atoms with Gasteiger partial charge < -0.3 is 4.74 Å². The van der Waals surface area contributed by atoms with Gasteiger partial charge in [0.15, 0.2) is 0 Å². The van der Waals surface area contributed by atoms with Gasteiger partial charge >= 0.3 is 0 Å². The number of ether oxygens (including phenoxy) is 1. The van der Waals surface area contributed by atoms with E-state index in [1.54, 1.807) is 10.7 Å². The van der Waals surface area contributed by atoms with Crippen LogP contribution < -0.4 is 4.74 Å². The first-order valence-electron chi connectivity index (χ1n) is 9.09. The number of benzene rings is 2. The van der Waals surface area contributed by atoms with Crippen LogP contribution in [0.2, 0.25) is 0 Å². The number of hydrogen-bond acceptors (Lipinski definition) is 5. The molecule has 146 valence electrons. The zero-order valence-electron chi connectivity index (χ0n) is 15.8. The van der Waals surface area contributed by atoms with Crippen LogP contribution in [0.4, 0.5) is 0 Å². The molecule has 28 heavy (non-hydrogen) atoms. The number of aromatic nitrogens is 3. The Hall–Kier alpha value is -2.71. The van der Waals surface area contributed by atoms with Gasteiger partial charge in [-0.2, -0.15) is 4.31 Å². The summed E-state index contributed by atoms with van der Waals surface area (Å²) in [5, 5.41) is 8.26. The van der Waals surface area contributed by atoms with Gasteiger partial charge in [-0.3, -0.25) is 0 Å². The molecule has 1 fully saturated rings. The highest BCUT2D eigenvalue weighted by molar-refractivity contribution is 7.89. The molecule has 1 aliphatic heterocycles. The first-order chi connectivity index (χ1) is 13.4. The average molecular weight is 398 g/mol. The second-order valence-corrected chi connectivity index (χ2v) is 8.94. The smallest absolute Gasteiger partial charge is 0.243 e. The Kier molecular flexibility index (Phi) is 4.91. The van der Waals surface area contributed by atoms with Crippen molar-refractivity contribution in [2.24, 2.45) is 0 Å². The summed E-state index contributed by atoms with van der Waals surface area (Å²) in [7, 11) is -3.48. The monoisotopic (exact) mass is 398 g/mol. The highest BCUT2D eigenvalue weighted by Crippen LogP contribution is 2.29. The van der Waals surface area contributed by atoms with Crippen molar-refractivity contribution in [2.45, 2.75) is 31.4 Å². The molecule has 2 heterocycles. The first-order valence-corrected chi connectivity index (χ1v) is 10.5. The van der Waals surface area contributed by atoms with Crippen molar-refractivity contribution in [1.82, 2.24) is 19.3 Å². The molecule has 0 N–H and O–H groups in total. The minimum absolute atomic E-state index is 0.0153. The summed E-state index contributed by atoms with van der Waals surface area (Å²) in [6, 6.07) is 14.9. The van der Waals surface area contributed by atoms with Crippen molar-refractivity contribution >= 4 is 10.0 Å². The molecule has 1 saturated heterocycles. The SMILES string of the molecule is Cc1ccc(S(=O)(=O)N2CC(n3cc(COc4ccccc4)nn3)C2)c(C)c1. The second-order valence-electron chi connectivity index (χ2n) is 7.04. The summed E-state index contributed by atoms with van der Waals surface area (Å²) in [4.78, 5) is 0.368. The maximum absolute atomic E-state index is 12.8. The third-order valence-corrected chi connectivity index (χ3v) is 6.83. The Morgan fingerprint density at radius 1 is 1.11 bits per heavy atom. The lowest BCUT2D eigenvalue weighted by atomic mass is 10.2. The molecule has 0 spiro atoms. The second kappa shape index (κ2) is 7.37. The van der Waals surface area contributed by atoms with Crippen molar-refractivity contribution in [3.05, 3.63) is 71.5 Å². The lowest BCUT2D eigenvalue weighted by molar-refractivity contribution is 0.188. The molecular weight excluding hydrogens is 376 g/mol. The molecule has 2 aromatic carbocycles. The maximum Gasteiger partial charge on any atom is 0.243 e. The Balaban J connectivity index is 1.38. The molecule has 1 aliphatic rings. The molecule has 0 bridgehead atoms.